The zero-order valence-corrected chi connectivity index (χ0v) is 20.0. The van der Waals surface area contributed by atoms with Crippen molar-refractivity contribution in [3.05, 3.63) is 69.5 Å². The van der Waals surface area contributed by atoms with Gasteiger partial charge < -0.3 is 19.9 Å². The minimum absolute atomic E-state index is 0.154. The number of aromatic nitrogens is 2. The van der Waals surface area contributed by atoms with Crippen molar-refractivity contribution in [2.75, 3.05) is 33.3 Å². The lowest BCUT2D eigenvalue weighted by molar-refractivity contribution is -0.109. The SMILES string of the molecule is C=C/C=c1/[nH]c(=O)c(-c2cc3cc(CN4CCN(C(C)CC=O)CC4)ccc3[nH]2)cc1=C.CO. The van der Waals surface area contributed by atoms with Crippen LogP contribution < -0.4 is 16.1 Å². The van der Waals surface area contributed by atoms with Crippen LogP contribution in [0.1, 0.15) is 18.9 Å². The summed E-state index contributed by atoms with van der Waals surface area (Å²) in [6.07, 6.45) is 4.99. The molecule has 1 unspecified atom stereocenters. The number of aldehydes is 1. The number of piperazine rings is 1. The number of nitrogens with zero attached hydrogens (tertiary/aromatic N) is 2. The number of H-pyrrole nitrogens is 2. The van der Waals surface area contributed by atoms with E-state index in [1.54, 1.807) is 12.2 Å². The van der Waals surface area contributed by atoms with Crippen molar-refractivity contribution < 1.29 is 9.90 Å². The normalized spacial score (nSPS) is 16.1. The molecule has 7 nitrogen and oxygen atoms in total. The Labute approximate surface area is 199 Å². The number of aliphatic hydroxyl groups is 1. The van der Waals surface area contributed by atoms with E-state index in [0.717, 1.165) is 67.9 Å². The summed E-state index contributed by atoms with van der Waals surface area (Å²) >= 11 is 0. The summed E-state index contributed by atoms with van der Waals surface area (Å²) in [5.41, 5.74) is 3.46. The summed E-state index contributed by atoms with van der Waals surface area (Å²) in [6.45, 7) is 14.7. The summed E-state index contributed by atoms with van der Waals surface area (Å²) in [7, 11) is 1.00. The van der Waals surface area contributed by atoms with Gasteiger partial charge in [-0.1, -0.05) is 25.3 Å². The molecule has 3 aromatic rings. The van der Waals surface area contributed by atoms with E-state index in [-0.39, 0.29) is 5.56 Å². The van der Waals surface area contributed by atoms with Gasteiger partial charge in [0.05, 0.1) is 11.3 Å². The molecule has 3 heterocycles. The molecule has 3 N–H and O–H groups in total. The Morgan fingerprint density at radius 3 is 2.53 bits per heavy atom. The number of carbonyl (C=O) groups excluding carboxylic acids is 1. The van der Waals surface area contributed by atoms with Crippen LogP contribution in [-0.4, -0.2) is 70.5 Å². The third kappa shape index (κ3) is 5.80. The lowest BCUT2D eigenvalue weighted by atomic mass is 10.1. The highest BCUT2D eigenvalue weighted by molar-refractivity contribution is 5.86. The Balaban J connectivity index is 0.00000158. The fraction of sp³-hybridized carbons (Fsp3) is 0.333. The van der Waals surface area contributed by atoms with Crippen LogP contribution >= 0.6 is 0 Å². The molecule has 1 aliphatic rings. The first-order chi connectivity index (χ1) is 16.5. The van der Waals surface area contributed by atoms with Crippen molar-refractivity contribution in [2.45, 2.75) is 25.9 Å². The molecular formula is C27H34N4O3. The van der Waals surface area contributed by atoms with Crippen LogP contribution in [0.15, 0.2) is 47.8 Å². The second-order valence-electron chi connectivity index (χ2n) is 8.52. The highest BCUT2D eigenvalue weighted by Crippen LogP contribution is 2.23. The Morgan fingerprint density at radius 2 is 1.85 bits per heavy atom. The van der Waals surface area contributed by atoms with E-state index in [0.29, 0.717) is 23.4 Å². The zero-order valence-electron chi connectivity index (χ0n) is 20.0. The molecule has 0 amide bonds. The number of benzene rings is 1. The summed E-state index contributed by atoms with van der Waals surface area (Å²) < 4.78 is 0. The van der Waals surface area contributed by atoms with Crippen LogP contribution in [0.25, 0.3) is 34.8 Å². The average Bonchev–Trinajstić information content (AvgIpc) is 3.26. The van der Waals surface area contributed by atoms with Crippen LogP contribution in [0.4, 0.5) is 0 Å². The predicted molar refractivity (Wildman–Crippen MR) is 139 cm³/mol. The molecule has 1 aromatic carbocycles. The summed E-state index contributed by atoms with van der Waals surface area (Å²) in [6, 6.07) is 10.6. The number of pyridine rings is 1. The van der Waals surface area contributed by atoms with Crippen molar-refractivity contribution in [3.63, 3.8) is 0 Å². The fourth-order valence-electron chi connectivity index (χ4n) is 4.39. The lowest BCUT2D eigenvalue weighted by Crippen LogP contribution is -2.49. The number of fused-ring (bicyclic) bond motifs is 1. The molecule has 0 saturated carbocycles. The molecule has 0 radical (unpaired) electrons. The van der Waals surface area contributed by atoms with E-state index < -0.39 is 0 Å². The number of carbonyl (C=O) groups is 1. The average molecular weight is 463 g/mol. The molecule has 7 heteroatoms. The van der Waals surface area contributed by atoms with E-state index in [1.165, 1.54) is 5.56 Å². The van der Waals surface area contributed by atoms with Gasteiger partial charge in [0.25, 0.3) is 5.56 Å². The number of aliphatic hydroxyl groups excluding tert-OH is 1. The van der Waals surface area contributed by atoms with Gasteiger partial charge in [0.15, 0.2) is 0 Å². The molecule has 1 aliphatic heterocycles. The summed E-state index contributed by atoms with van der Waals surface area (Å²) in [4.78, 5) is 34.5. The Bertz CT molecular complexity index is 1300. The van der Waals surface area contributed by atoms with Crippen molar-refractivity contribution in [3.8, 4) is 11.3 Å². The second-order valence-corrected chi connectivity index (χ2v) is 8.52. The molecule has 0 bridgehead atoms. The van der Waals surface area contributed by atoms with E-state index in [4.69, 9.17) is 5.11 Å². The Hall–Kier alpha value is -3.26. The van der Waals surface area contributed by atoms with Gasteiger partial charge in [0.1, 0.15) is 6.29 Å². The smallest absolute Gasteiger partial charge is 0.257 e. The van der Waals surface area contributed by atoms with E-state index in [2.05, 4.69) is 58.0 Å². The molecular weight excluding hydrogens is 428 g/mol. The van der Waals surface area contributed by atoms with Crippen LogP contribution in [-0.2, 0) is 11.3 Å². The lowest BCUT2D eigenvalue weighted by Gasteiger charge is -2.37. The minimum Gasteiger partial charge on any atom is -0.400 e. The van der Waals surface area contributed by atoms with Gasteiger partial charge in [-0.2, -0.15) is 0 Å². The molecule has 0 aliphatic carbocycles. The molecule has 180 valence electrons. The summed E-state index contributed by atoms with van der Waals surface area (Å²) in [5, 5.41) is 9.51. The number of hydrogen-bond donors (Lipinski definition) is 3. The monoisotopic (exact) mass is 462 g/mol. The largest absolute Gasteiger partial charge is 0.400 e. The number of rotatable bonds is 7. The first-order valence-corrected chi connectivity index (χ1v) is 11.5. The van der Waals surface area contributed by atoms with Gasteiger partial charge in [-0.15, -0.1) is 0 Å². The Morgan fingerprint density at radius 1 is 1.12 bits per heavy atom. The fourth-order valence-corrected chi connectivity index (χ4v) is 4.39. The van der Waals surface area contributed by atoms with E-state index in [9.17, 15) is 9.59 Å². The van der Waals surface area contributed by atoms with Crippen molar-refractivity contribution >= 4 is 29.8 Å². The second kappa shape index (κ2) is 11.7. The maximum Gasteiger partial charge on any atom is 0.257 e. The van der Waals surface area contributed by atoms with Crippen molar-refractivity contribution in [1.82, 2.24) is 19.8 Å². The molecule has 4 rings (SSSR count). The van der Waals surface area contributed by atoms with Gasteiger partial charge in [-0.05, 0) is 48.0 Å². The first-order valence-electron chi connectivity index (χ1n) is 11.5. The van der Waals surface area contributed by atoms with Crippen molar-refractivity contribution in [1.29, 1.82) is 0 Å². The number of aromatic amines is 2. The molecule has 34 heavy (non-hydrogen) atoms. The highest BCUT2D eigenvalue weighted by atomic mass is 16.2. The van der Waals surface area contributed by atoms with Gasteiger partial charge in [0.2, 0.25) is 0 Å². The predicted octanol–water partition coefficient (Wildman–Crippen LogP) is 1.60. The number of allylic oxidation sites excluding steroid dienone is 1. The molecule has 0 spiro atoms. The van der Waals surface area contributed by atoms with Gasteiger partial charge >= 0.3 is 0 Å². The van der Waals surface area contributed by atoms with Gasteiger partial charge in [-0.25, -0.2) is 0 Å². The van der Waals surface area contributed by atoms with E-state index in [1.807, 2.05) is 12.1 Å². The first kappa shape index (κ1) is 25.4. The minimum atomic E-state index is -0.154. The summed E-state index contributed by atoms with van der Waals surface area (Å²) in [5.74, 6) is 0. The molecule has 2 aromatic heterocycles. The number of nitrogens with one attached hydrogen (secondary N) is 2. The van der Waals surface area contributed by atoms with Crippen LogP contribution in [0.3, 0.4) is 0 Å². The topological polar surface area (TPSA) is 92.4 Å². The molecule has 1 saturated heterocycles. The maximum absolute atomic E-state index is 12.6. The Kier molecular flexibility index (Phi) is 8.76. The highest BCUT2D eigenvalue weighted by Gasteiger charge is 2.21. The van der Waals surface area contributed by atoms with E-state index >= 15 is 0 Å². The third-order valence-electron chi connectivity index (χ3n) is 6.29. The standard InChI is InChI=1S/C26H30N4O2.CH4O/c1-4-5-23-18(2)14-22(26(32)28-23)25-16-21-15-20(6-7-24(21)27-25)17-29-9-11-30(12-10-29)19(3)8-13-31;1-2/h4-7,13-16,19,27H,1-2,8-12,17H2,3H3,(H,28,32);2H,1H3/b23-5+;. The zero-order chi connectivity index (χ0) is 24.7. The van der Waals surface area contributed by atoms with Gasteiger partial charge in [-0.3, -0.25) is 14.6 Å². The van der Waals surface area contributed by atoms with Crippen molar-refractivity contribution in [2.24, 2.45) is 0 Å². The van der Waals surface area contributed by atoms with Gasteiger partial charge in [0, 0.05) is 68.5 Å². The molecule has 1 atom stereocenters. The quantitative estimate of drug-likeness (QED) is 0.464. The molecule has 1 fully saturated rings. The van der Waals surface area contributed by atoms with Crippen LogP contribution in [0, 0.1) is 0 Å². The third-order valence-corrected chi connectivity index (χ3v) is 6.29. The van der Waals surface area contributed by atoms with Crippen LogP contribution in [0.2, 0.25) is 0 Å². The maximum atomic E-state index is 12.6. The number of hydrogen-bond acceptors (Lipinski definition) is 5. The van der Waals surface area contributed by atoms with Crippen LogP contribution in [0.5, 0.6) is 0 Å².